The predicted octanol–water partition coefficient (Wildman–Crippen LogP) is 3.12. The third-order valence-corrected chi connectivity index (χ3v) is 5.53. The Morgan fingerprint density at radius 2 is 1.96 bits per heavy atom. The Morgan fingerprint density at radius 1 is 1.28 bits per heavy atom. The van der Waals surface area contributed by atoms with Gasteiger partial charge in [-0.25, -0.2) is 4.79 Å². The molecule has 1 aliphatic rings. The van der Waals surface area contributed by atoms with Gasteiger partial charge in [-0.2, -0.15) is 0 Å². The third kappa shape index (κ3) is 5.14. The van der Waals surface area contributed by atoms with E-state index in [0.717, 1.165) is 17.7 Å². The first-order valence-electron chi connectivity index (χ1n) is 8.68. The maximum absolute atomic E-state index is 12.9. The molecule has 1 saturated heterocycles. The normalized spacial score (nSPS) is 20.0. The average Bonchev–Trinajstić information content (AvgIpc) is 3.04. The molecular formula is C19H27NO4S. The minimum Gasteiger partial charge on any atom is -0.497 e. The van der Waals surface area contributed by atoms with Gasteiger partial charge in [-0.1, -0.05) is 32.9 Å². The van der Waals surface area contributed by atoms with Gasteiger partial charge in [0.05, 0.1) is 25.5 Å². The van der Waals surface area contributed by atoms with Crippen LogP contribution in [0, 0.1) is 5.92 Å². The maximum atomic E-state index is 12.9. The van der Waals surface area contributed by atoms with E-state index in [9.17, 15) is 9.59 Å². The van der Waals surface area contributed by atoms with Crippen LogP contribution in [-0.2, 0) is 20.7 Å². The molecule has 6 heteroatoms. The number of carbonyl (C=O) groups is 2. The molecule has 2 atom stereocenters. The second kappa shape index (κ2) is 9.13. The number of amides is 1. The number of nitrogens with zero attached hydrogens (tertiary/aromatic N) is 1. The molecule has 1 amide bonds. The van der Waals surface area contributed by atoms with Crippen molar-refractivity contribution >= 4 is 23.6 Å². The molecule has 0 N–H and O–H groups in total. The number of thioether (sulfide) groups is 1. The molecule has 25 heavy (non-hydrogen) atoms. The minimum absolute atomic E-state index is 0.0300. The molecule has 1 aromatic carbocycles. The lowest BCUT2D eigenvalue weighted by atomic mass is 10.1. The van der Waals surface area contributed by atoms with Crippen LogP contribution in [0.25, 0.3) is 0 Å². The largest absolute Gasteiger partial charge is 0.497 e. The molecule has 1 heterocycles. The van der Waals surface area contributed by atoms with Gasteiger partial charge < -0.3 is 14.4 Å². The van der Waals surface area contributed by atoms with Crippen LogP contribution in [0.1, 0.15) is 32.8 Å². The van der Waals surface area contributed by atoms with E-state index >= 15 is 0 Å². The Morgan fingerprint density at radius 3 is 2.52 bits per heavy atom. The van der Waals surface area contributed by atoms with Crippen LogP contribution >= 0.6 is 11.8 Å². The second-order valence-electron chi connectivity index (χ2n) is 6.56. The summed E-state index contributed by atoms with van der Waals surface area (Å²) in [6, 6.07) is 6.96. The molecule has 1 aliphatic heterocycles. The molecule has 1 aromatic rings. The van der Waals surface area contributed by atoms with Crippen LogP contribution in [0.4, 0.5) is 0 Å². The van der Waals surface area contributed by atoms with Gasteiger partial charge in [-0.3, -0.25) is 4.79 Å². The van der Waals surface area contributed by atoms with E-state index in [0.29, 0.717) is 12.4 Å². The highest BCUT2D eigenvalue weighted by Crippen LogP contribution is 2.32. The van der Waals surface area contributed by atoms with Crippen molar-refractivity contribution in [2.45, 2.75) is 45.0 Å². The molecule has 5 nitrogen and oxygen atoms in total. The van der Waals surface area contributed by atoms with Gasteiger partial charge in [0, 0.05) is 5.75 Å². The summed E-state index contributed by atoms with van der Waals surface area (Å²) in [5, 5.41) is 0.0300. The van der Waals surface area contributed by atoms with Crippen molar-refractivity contribution < 1.29 is 19.1 Å². The van der Waals surface area contributed by atoms with Gasteiger partial charge >= 0.3 is 5.97 Å². The Balaban J connectivity index is 2.07. The quantitative estimate of drug-likeness (QED) is 0.695. The van der Waals surface area contributed by atoms with E-state index in [1.807, 2.05) is 45.0 Å². The molecule has 0 saturated carbocycles. The molecule has 0 radical (unpaired) electrons. The Hall–Kier alpha value is -1.69. The van der Waals surface area contributed by atoms with Gasteiger partial charge in [0.25, 0.3) is 0 Å². The van der Waals surface area contributed by atoms with Crippen LogP contribution in [0.5, 0.6) is 5.75 Å². The first kappa shape index (κ1) is 19.6. The number of hydrogen-bond donors (Lipinski definition) is 0. The van der Waals surface area contributed by atoms with Crippen LogP contribution < -0.4 is 4.74 Å². The maximum Gasteiger partial charge on any atom is 0.329 e. The summed E-state index contributed by atoms with van der Waals surface area (Å²) in [6.45, 7) is 6.42. The first-order chi connectivity index (χ1) is 12.0. The Kier molecular flexibility index (Phi) is 7.17. The summed E-state index contributed by atoms with van der Waals surface area (Å²) >= 11 is 1.65. The van der Waals surface area contributed by atoms with Gasteiger partial charge in [-0.05, 0) is 30.0 Å². The topological polar surface area (TPSA) is 55.8 Å². The smallest absolute Gasteiger partial charge is 0.329 e. The van der Waals surface area contributed by atoms with Gasteiger partial charge in [-0.15, -0.1) is 11.8 Å². The highest BCUT2D eigenvalue weighted by atomic mass is 32.2. The van der Waals surface area contributed by atoms with Crippen molar-refractivity contribution in [1.82, 2.24) is 4.90 Å². The molecule has 1 fully saturated rings. The van der Waals surface area contributed by atoms with Crippen molar-refractivity contribution in [2.24, 2.45) is 5.92 Å². The standard InChI is InChI=1S/C19H27NO4S/c1-5-18-20(16(12-25-18)19(22)24-11-13(2)3)17(21)10-14-6-8-15(23-4)9-7-14/h6-9,13,16,18H,5,10-12H2,1-4H3. The van der Waals surface area contributed by atoms with E-state index in [1.54, 1.807) is 23.8 Å². The molecule has 0 aromatic heterocycles. The summed E-state index contributed by atoms with van der Waals surface area (Å²) in [4.78, 5) is 27.0. The fourth-order valence-electron chi connectivity index (χ4n) is 2.75. The number of rotatable bonds is 7. The van der Waals surface area contributed by atoms with Crippen LogP contribution in [-0.4, -0.2) is 47.7 Å². The zero-order chi connectivity index (χ0) is 18.4. The Labute approximate surface area is 154 Å². The number of ether oxygens (including phenoxy) is 2. The molecule has 0 aliphatic carbocycles. The van der Waals surface area contributed by atoms with Crippen LogP contribution in [0.15, 0.2) is 24.3 Å². The van der Waals surface area contributed by atoms with E-state index in [2.05, 4.69) is 0 Å². The predicted molar refractivity (Wildman–Crippen MR) is 99.7 cm³/mol. The molecule has 2 rings (SSSR count). The van der Waals surface area contributed by atoms with Gasteiger partial charge in [0.1, 0.15) is 11.8 Å². The van der Waals surface area contributed by atoms with Crippen molar-refractivity contribution in [3.63, 3.8) is 0 Å². The highest BCUT2D eigenvalue weighted by Gasteiger charge is 2.41. The summed E-state index contributed by atoms with van der Waals surface area (Å²) < 4.78 is 10.5. The second-order valence-corrected chi connectivity index (χ2v) is 7.77. The lowest BCUT2D eigenvalue weighted by Gasteiger charge is -2.28. The number of esters is 1. The van der Waals surface area contributed by atoms with Crippen molar-refractivity contribution in [3.05, 3.63) is 29.8 Å². The van der Waals surface area contributed by atoms with E-state index in [4.69, 9.17) is 9.47 Å². The van der Waals surface area contributed by atoms with Crippen molar-refractivity contribution in [3.8, 4) is 5.75 Å². The number of hydrogen-bond acceptors (Lipinski definition) is 5. The zero-order valence-electron chi connectivity index (χ0n) is 15.4. The zero-order valence-corrected chi connectivity index (χ0v) is 16.2. The third-order valence-electron chi connectivity index (χ3n) is 4.08. The van der Waals surface area contributed by atoms with E-state index < -0.39 is 6.04 Å². The van der Waals surface area contributed by atoms with Crippen molar-refractivity contribution in [1.29, 1.82) is 0 Å². The summed E-state index contributed by atoms with van der Waals surface area (Å²) in [7, 11) is 1.61. The van der Waals surface area contributed by atoms with Crippen LogP contribution in [0.2, 0.25) is 0 Å². The fraction of sp³-hybridized carbons (Fsp3) is 0.579. The Bertz CT molecular complexity index is 588. The van der Waals surface area contributed by atoms with Crippen LogP contribution in [0.3, 0.4) is 0 Å². The molecule has 2 unspecified atom stereocenters. The van der Waals surface area contributed by atoms with E-state index in [-0.39, 0.29) is 29.6 Å². The number of benzene rings is 1. The molecular weight excluding hydrogens is 338 g/mol. The first-order valence-corrected chi connectivity index (χ1v) is 9.73. The molecule has 0 spiro atoms. The minimum atomic E-state index is -0.487. The fourth-order valence-corrected chi connectivity index (χ4v) is 4.11. The van der Waals surface area contributed by atoms with E-state index in [1.165, 1.54) is 0 Å². The summed E-state index contributed by atoms with van der Waals surface area (Å²) in [5.74, 6) is 1.32. The highest BCUT2D eigenvalue weighted by molar-refractivity contribution is 8.00. The molecule has 0 bridgehead atoms. The monoisotopic (exact) mass is 365 g/mol. The molecule has 138 valence electrons. The lowest BCUT2D eigenvalue weighted by Crippen LogP contribution is -2.47. The van der Waals surface area contributed by atoms with Gasteiger partial charge in [0.15, 0.2) is 0 Å². The SMILES string of the molecule is CCC1SCC(C(=O)OCC(C)C)N1C(=O)Cc1ccc(OC)cc1. The van der Waals surface area contributed by atoms with Gasteiger partial charge in [0.2, 0.25) is 5.91 Å². The average molecular weight is 365 g/mol. The van der Waals surface area contributed by atoms with Crippen molar-refractivity contribution in [2.75, 3.05) is 19.5 Å². The number of carbonyl (C=O) groups excluding carboxylic acids is 2. The lowest BCUT2D eigenvalue weighted by molar-refractivity contribution is -0.154. The summed E-state index contributed by atoms with van der Waals surface area (Å²) in [5.41, 5.74) is 0.909. The summed E-state index contributed by atoms with van der Waals surface area (Å²) in [6.07, 6.45) is 1.09. The number of methoxy groups -OCH3 is 1.